The highest BCUT2D eigenvalue weighted by Gasteiger charge is 2.51. The number of halogens is 2. The third-order valence-corrected chi connectivity index (χ3v) is 5.88. The molecule has 0 saturated carbocycles. The number of aliphatic hydroxyl groups excluding tert-OH is 2. The summed E-state index contributed by atoms with van der Waals surface area (Å²) in [5.74, 6) is -9.36. The molecule has 39 heavy (non-hydrogen) atoms. The topological polar surface area (TPSA) is 200 Å². The number of hydrogen-bond donors (Lipinski definition) is 7. The molecule has 8 N–H and O–H groups in total. The molecule has 4 amide bonds. The number of rotatable bonds is 15. The van der Waals surface area contributed by atoms with Crippen molar-refractivity contribution in [3.8, 4) is 0 Å². The van der Waals surface area contributed by atoms with Crippen LogP contribution in [0.1, 0.15) is 33.3 Å². The van der Waals surface area contributed by atoms with Crippen molar-refractivity contribution in [1.29, 1.82) is 0 Å². The number of alkyl halides is 2. The fourth-order valence-electron chi connectivity index (χ4n) is 3.28. The normalized spacial score (nSPS) is 16.2. The monoisotopic (exact) mass is 557 g/mol. The van der Waals surface area contributed by atoms with Gasteiger partial charge in [-0.25, -0.2) is 0 Å². The lowest BCUT2D eigenvalue weighted by atomic mass is 9.95. The van der Waals surface area contributed by atoms with E-state index in [0.717, 1.165) is 0 Å². The molecule has 0 radical (unpaired) electrons. The summed E-state index contributed by atoms with van der Waals surface area (Å²) in [6, 6.07) is 1.40. The Hall–Kier alpha value is -3.49. The van der Waals surface area contributed by atoms with Gasteiger partial charge < -0.3 is 42.0 Å². The van der Waals surface area contributed by atoms with E-state index < -0.39 is 78.4 Å². The van der Waals surface area contributed by atoms with Crippen molar-refractivity contribution in [2.24, 2.45) is 11.7 Å². The van der Waals surface area contributed by atoms with E-state index in [1.807, 2.05) is 5.32 Å². The Kier molecular flexibility index (Phi) is 13.1. The fourth-order valence-corrected chi connectivity index (χ4v) is 3.28. The van der Waals surface area contributed by atoms with Crippen molar-refractivity contribution in [3.05, 3.63) is 35.9 Å². The van der Waals surface area contributed by atoms with E-state index in [9.17, 15) is 29.1 Å². The SMILES string of the molecule is CC(NC(=O)C(N)CO)C(=O)NC(C)C(=O)NC(Cc1ccccc1)C(O)C(F)(F)C(=O)NC(C=O)C(C)C. The molecule has 0 heterocycles. The highest BCUT2D eigenvalue weighted by Crippen LogP contribution is 2.24. The van der Waals surface area contributed by atoms with Crippen molar-refractivity contribution in [3.63, 3.8) is 0 Å². The number of amides is 4. The number of nitrogens with one attached hydrogen (secondary N) is 4. The van der Waals surface area contributed by atoms with Crippen LogP contribution in [0.5, 0.6) is 0 Å². The number of benzene rings is 1. The van der Waals surface area contributed by atoms with E-state index in [-0.39, 0.29) is 6.42 Å². The zero-order valence-electron chi connectivity index (χ0n) is 22.2. The first kappa shape index (κ1) is 33.5. The molecule has 6 atom stereocenters. The van der Waals surface area contributed by atoms with Crippen LogP contribution in [0.15, 0.2) is 30.3 Å². The second-order valence-corrected chi connectivity index (χ2v) is 9.50. The minimum Gasteiger partial charge on any atom is -0.394 e. The van der Waals surface area contributed by atoms with Gasteiger partial charge in [0.2, 0.25) is 17.7 Å². The minimum absolute atomic E-state index is 0.302. The summed E-state index contributed by atoms with van der Waals surface area (Å²) in [5, 5.41) is 28.2. The molecule has 0 aliphatic rings. The van der Waals surface area contributed by atoms with Crippen LogP contribution in [-0.4, -0.2) is 89.0 Å². The Bertz CT molecular complexity index is 996. The van der Waals surface area contributed by atoms with E-state index in [4.69, 9.17) is 10.8 Å². The van der Waals surface area contributed by atoms with Gasteiger partial charge in [-0.2, -0.15) is 8.78 Å². The molecule has 0 aromatic heterocycles. The summed E-state index contributed by atoms with van der Waals surface area (Å²) in [7, 11) is 0. The Morgan fingerprint density at radius 3 is 1.92 bits per heavy atom. The lowest BCUT2D eigenvalue weighted by molar-refractivity contribution is -0.169. The molecule has 0 spiro atoms. The summed E-state index contributed by atoms with van der Waals surface area (Å²) in [6.45, 7) is 4.97. The molecule has 1 aromatic carbocycles. The van der Waals surface area contributed by atoms with Crippen molar-refractivity contribution in [2.45, 2.75) is 76.4 Å². The first-order valence-corrected chi connectivity index (χ1v) is 12.3. The molecular weight excluding hydrogens is 520 g/mol. The van der Waals surface area contributed by atoms with Gasteiger partial charge in [0.15, 0.2) is 0 Å². The molecule has 14 heteroatoms. The van der Waals surface area contributed by atoms with Gasteiger partial charge in [-0.05, 0) is 31.7 Å². The number of carbonyl (C=O) groups excluding carboxylic acids is 5. The molecule has 6 unspecified atom stereocenters. The average molecular weight is 558 g/mol. The zero-order valence-corrected chi connectivity index (χ0v) is 22.2. The van der Waals surface area contributed by atoms with Gasteiger partial charge >= 0.3 is 5.92 Å². The van der Waals surface area contributed by atoms with Crippen LogP contribution in [0.4, 0.5) is 8.78 Å². The number of carbonyl (C=O) groups is 5. The second-order valence-electron chi connectivity index (χ2n) is 9.50. The molecule has 218 valence electrons. The zero-order chi connectivity index (χ0) is 29.9. The van der Waals surface area contributed by atoms with E-state index >= 15 is 8.78 Å². The van der Waals surface area contributed by atoms with Gasteiger partial charge in [0, 0.05) is 0 Å². The van der Waals surface area contributed by atoms with Crippen molar-refractivity contribution >= 4 is 29.9 Å². The largest absolute Gasteiger partial charge is 0.394 e. The Morgan fingerprint density at radius 2 is 1.44 bits per heavy atom. The standard InChI is InChI=1S/C25H37F2N5O7/c1-13(2)19(12-34)32-24(39)25(26,27)20(35)18(10-16-8-6-5-7-9-16)31-22(37)15(4)29-21(36)14(3)30-23(38)17(28)11-33/h5-9,12-15,17-20,33,35H,10-11,28H2,1-4H3,(H,29,36)(H,30,38)(H,31,37)(H,32,39). The predicted octanol–water partition coefficient (Wildman–Crippen LogP) is -1.62. The van der Waals surface area contributed by atoms with Crippen LogP contribution in [-0.2, 0) is 30.4 Å². The average Bonchev–Trinajstić information content (AvgIpc) is 2.90. The van der Waals surface area contributed by atoms with Crippen molar-refractivity contribution < 1.29 is 43.0 Å². The molecule has 0 aliphatic carbocycles. The minimum atomic E-state index is -4.40. The molecule has 0 saturated heterocycles. The smallest absolute Gasteiger partial charge is 0.351 e. The van der Waals surface area contributed by atoms with Crippen molar-refractivity contribution in [2.75, 3.05) is 6.61 Å². The quantitative estimate of drug-likeness (QED) is 0.125. The van der Waals surface area contributed by atoms with Gasteiger partial charge in [-0.15, -0.1) is 0 Å². The first-order valence-electron chi connectivity index (χ1n) is 12.3. The number of nitrogens with two attached hydrogens (primary N) is 1. The van der Waals surface area contributed by atoms with E-state index in [0.29, 0.717) is 11.8 Å². The Balaban J connectivity index is 3.05. The lowest BCUT2D eigenvalue weighted by Crippen LogP contribution is -2.61. The van der Waals surface area contributed by atoms with Crippen LogP contribution in [0.25, 0.3) is 0 Å². The molecule has 0 fully saturated rings. The molecule has 12 nitrogen and oxygen atoms in total. The third-order valence-electron chi connectivity index (χ3n) is 5.88. The summed E-state index contributed by atoms with van der Waals surface area (Å²) in [6.07, 6.45) is -2.70. The van der Waals surface area contributed by atoms with Gasteiger partial charge in [0.05, 0.1) is 18.7 Å². The predicted molar refractivity (Wildman–Crippen MR) is 136 cm³/mol. The second kappa shape index (κ2) is 15.2. The van der Waals surface area contributed by atoms with Crippen LogP contribution >= 0.6 is 0 Å². The Labute approximate surface area is 225 Å². The Morgan fingerprint density at radius 1 is 0.923 bits per heavy atom. The van der Waals surface area contributed by atoms with E-state index in [1.54, 1.807) is 30.3 Å². The molecule has 0 bridgehead atoms. The highest BCUT2D eigenvalue weighted by molar-refractivity contribution is 5.93. The number of hydrogen-bond acceptors (Lipinski definition) is 8. The fraction of sp³-hybridized carbons (Fsp3) is 0.560. The van der Waals surface area contributed by atoms with Crippen LogP contribution in [0.3, 0.4) is 0 Å². The number of aldehydes is 1. The van der Waals surface area contributed by atoms with Crippen LogP contribution in [0.2, 0.25) is 0 Å². The van der Waals surface area contributed by atoms with Crippen molar-refractivity contribution in [1.82, 2.24) is 21.3 Å². The van der Waals surface area contributed by atoms with Gasteiger partial charge in [-0.3, -0.25) is 19.2 Å². The molecule has 0 aliphatic heterocycles. The maximum atomic E-state index is 15.0. The van der Waals surface area contributed by atoms with E-state index in [1.165, 1.54) is 27.7 Å². The number of aliphatic hydroxyl groups is 2. The lowest BCUT2D eigenvalue weighted by Gasteiger charge is -2.31. The molecule has 1 aromatic rings. The first-order chi connectivity index (χ1) is 18.1. The molecule has 1 rings (SSSR count). The maximum Gasteiger partial charge on any atom is 0.351 e. The van der Waals surface area contributed by atoms with Gasteiger partial charge in [-0.1, -0.05) is 44.2 Å². The summed E-state index contributed by atoms with van der Waals surface area (Å²) >= 11 is 0. The van der Waals surface area contributed by atoms with Crippen LogP contribution in [0, 0.1) is 5.92 Å². The molecular formula is C25H37F2N5O7. The van der Waals surface area contributed by atoms with Gasteiger partial charge in [0.1, 0.15) is 30.5 Å². The van der Waals surface area contributed by atoms with Crippen LogP contribution < -0.4 is 27.0 Å². The maximum absolute atomic E-state index is 15.0. The summed E-state index contributed by atoms with van der Waals surface area (Å²) in [4.78, 5) is 60.5. The third kappa shape index (κ3) is 9.96. The summed E-state index contributed by atoms with van der Waals surface area (Å²) < 4.78 is 30.1. The summed E-state index contributed by atoms with van der Waals surface area (Å²) in [5.41, 5.74) is 5.84. The van der Waals surface area contributed by atoms with E-state index in [2.05, 4.69) is 16.0 Å². The highest BCUT2D eigenvalue weighted by atomic mass is 19.3. The van der Waals surface area contributed by atoms with Gasteiger partial charge in [0.25, 0.3) is 5.91 Å².